The van der Waals surface area contributed by atoms with Crippen molar-refractivity contribution >= 4 is 33.5 Å². The van der Waals surface area contributed by atoms with Crippen LogP contribution in [0.15, 0.2) is 73.2 Å². The molecule has 0 amide bonds. The molecule has 1 aromatic carbocycles. The van der Waals surface area contributed by atoms with Crippen LogP contribution in [0, 0.1) is 0 Å². The summed E-state index contributed by atoms with van der Waals surface area (Å²) in [6, 6.07) is 18.0. The molecular formula is C27H21N9. The molecule has 0 N–H and O–H groups in total. The van der Waals surface area contributed by atoms with E-state index in [4.69, 9.17) is 15.0 Å². The quantitative estimate of drug-likeness (QED) is 0.376. The average Bonchev–Trinajstić information content (AvgIpc) is 3.56. The Morgan fingerprint density at radius 1 is 0.472 bits per heavy atom. The van der Waals surface area contributed by atoms with Crippen LogP contribution in [0.25, 0.3) is 67.7 Å². The third kappa shape index (κ3) is 2.96. The normalized spacial score (nSPS) is 11.8. The molecule has 0 saturated heterocycles. The zero-order chi connectivity index (χ0) is 24.4. The number of imidazole rings is 3. The minimum atomic E-state index is 0.820. The summed E-state index contributed by atoms with van der Waals surface area (Å²) in [6.07, 6.45) is 5.36. The standard InChI is InChI=1S/C27H21N9/c1-34-22(31-19-7-4-10-28-25(19)34)16-13-17(23-32-20-8-5-11-29-26(20)35(23)2)15-18(14-16)24-33-21-9-6-12-30-27(21)36(24)3/h4-15H,1-3H3. The van der Waals surface area contributed by atoms with Gasteiger partial charge in [-0.2, -0.15) is 0 Å². The molecule has 9 heteroatoms. The van der Waals surface area contributed by atoms with Gasteiger partial charge in [0.25, 0.3) is 0 Å². The van der Waals surface area contributed by atoms with Crippen molar-refractivity contribution in [1.82, 2.24) is 43.6 Å². The van der Waals surface area contributed by atoms with Crippen LogP contribution in [0.3, 0.4) is 0 Å². The second-order valence-corrected chi connectivity index (χ2v) is 8.82. The SMILES string of the molecule is Cn1c(-c2cc(-c3nc4cccnc4n3C)cc(-c3nc4cccnc4n3C)c2)nc2cccnc21. The number of aryl methyl sites for hydroxylation is 3. The minimum absolute atomic E-state index is 0.820. The van der Waals surface area contributed by atoms with Crippen molar-refractivity contribution in [3.05, 3.63) is 73.2 Å². The second-order valence-electron chi connectivity index (χ2n) is 8.82. The van der Waals surface area contributed by atoms with Gasteiger partial charge in [0.15, 0.2) is 16.9 Å². The van der Waals surface area contributed by atoms with E-state index < -0.39 is 0 Å². The van der Waals surface area contributed by atoms with Crippen molar-refractivity contribution in [1.29, 1.82) is 0 Å². The zero-order valence-corrected chi connectivity index (χ0v) is 20.0. The van der Waals surface area contributed by atoms with Gasteiger partial charge in [0.1, 0.15) is 34.0 Å². The number of hydrogen-bond acceptors (Lipinski definition) is 6. The highest BCUT2D eigenvalue weighted by molar-refractivity contribution is 5.85. The van der Waals surface area contributed by atoms with Gasteiger partial charge < -0.3 is 13.7 Å². The molecule has 0 aliphatic heterocycles. The van der Waals surface area contributed by atoms with Crippen molar-refractivity contribution in [2.24, 2.45) is 21.1 Å². The van der Waals surface area contributed by atoms with Gasteiger partial charge in [0.2, 0.25) is 0 Å². The first-order valence-electron chi connectivity index (χ1n) is 11.6. The first-order valence-corrected chi connectivity index (χ1v) is 11.6. The van der Waals surface area contributed by atoms with E-state index in [2.05, 4.69) is 33.2 Å². The van der Waals surface area contributed by atoms with Crippen LogP contribution >= 0.6 is 0 Å². The van der Waals surface area contributed by atoms with Crippen LogP contribution in [0.1, 0.15) is 0 Å². The Labute approximate surface area is 205 Å². The van der Waals surface area contributed by atoms with Crippen LogP contribution in [0.2, 0.25) is 0 Å². The summed E-state index contributed by atoms with van der Waals surface area (Å²) in [5.41, 5.74) is 7.88. The van der Waals surface area contributed by atoms with Gasteiger partial charge >= 0.3 is 0 Å². The van der Waals surface area contributed by atoms with Gasteiger partial charge in [-0.05, 0) is 54.6 Å². The van der Waals surface area contributed by atoms with Crippen LogP contribution in [0.4, 0.5) is 0 Å². The predicted octanol–water partition coefficient (Wildman–Crippen LogP) is 4.53. The molecule has 0 bridgehead atoms. The lowest BCUT2D eigenvalue weighted by Gasteiger charge is -2.11. The van der Waals surface area contributed by atoms with E-state index in [1.54, 1.807) is 18.6 Å². The summed E-state index contributed by atoms with van der Waals surface area (Å²) in [6.45, 7) is 0. The van der Waals surface area contributed by atoms with Crippen LogP contribution < -0.4 is 0 Å². The fraction of sp³-hybridized carbons (Fsp3) is 0.111. The number of pyridine rings is 3. The maximum atomic E-state index is 4.90. The van der Waals surface area contributed by atoms with Gasteiger partial charge in [-0.3, -0.25) is 0 Å². The molecule has 36 heavy (non-hydrogen) atoms. The number of rotatable bonds is 3. The Bertz CT molecular complexity index is 1700. The molecular weight excluding hydrogens is 450 g/mol. The highest BCUT2D eigenvalue weighted by Crippen LogP contribution is 2.34. The number of fused-ring (bicyclic) bond motifs is 3. The fourth-order valence-corrected chi connectivity index (χ4v) is 4.86. The smallest absolute Gasteiger partial charge is 0.159 e. The van der Waals surface area contributed by atoms with E-state index in [-0.39, 0.29) is 0 Å². The summed E-state index contributed by atoms with van der Waals surface area (Å²) in [5.74, 6) is 2.46. The van der Waals surface area contributed by atoms with Crippen molar-refractivity contribution < 1.29 is 0 Å². The summed E-state index contributed by atoms with van der Waals surface area (Å²) in [5, 5.41) is 0. The predicted molar refractivity (Wildman–Crippen MR) is 139 cm³/mol. The average molecular weight is 472 g/mol. The Hall–Kier alpha value is -4.92. The number of nitrogens with zero attached hydrogens (tertiary/aromatic N) is 9. The Kier molecular flexibility index (Phi) is 4.28. The fourth-order valence-electron chi connectivity index (χ4n) is 4.86. The van der Waals surface area contributed by atoms with E-state index in [0.29, 0.717) is 0 Å². The molecule has 0 aliphatic rings. The van der Waals surface area contributed by atoms with Crippen LogP contribution in [0.5, 0.6) is 0 Å². The number of hydrogen-bond donors (Lipinski definition) is 0. The van der Waals surface area contributed by atoms with E-state index in [1.165, 1.54) is 0 Å². The Morgan fingerprint density at radius 2 is 0.778 bits per heavy atom. The molecule has 6 aromatic heterocycles. The maximum Gasteiger partial charge on any atom is 0.159 e. The van der Waals surface area contributed by atoms with Crippen LogP contribution in [-0.2, 0) is 21.1 Å². The second kappa shape index (κ2) is 7.54. The molecule has 0 saturated carbocycles. The van der Waals surface area contributed by atoms with E-state index in [9.17, 15) is 0 Å². The lowest BCUT2D eigenvalue weighted by Crippen LogP contribution is -1.99. The number of aromatic nitrogens is 9. The molecule has 6 heterocycles. The summed E-state index contributed by atoms with van der Waals surface area (Å²) < 4.78 is 6.06. The molecule has 0 radical (unpaired) electrons. The summed E-state index contributed by atoms with van der Waals surface area (Å²) >= 11 is 0. The van der Waals surface area contributed by atoms with Gasteiger partial charge in [-0.15, -0.1) is 0 Å². The third-order valence-electron chi connectivity index (χ3n) is 6.59. The Balaban J connectivity index is 1.52. The van der Waals surface area contributed by atoms with Crippen LogP contribution in [-0.4, -0.2) is 43.6 Å². The van der Waals surface area contributed by atoms with Crippen molar-refractivity contribution in [3.8, 4) is 34.2 Å². The molecule has 7 aromatic rings. The lowest BCUT2D eigenvalue weighted by molar-refractivity contribution is 0.933. The highest BCUT2D eigenvalue weighted by atomic mass is 15.1. The minimum Gasteiger partial charge on any atom is -0.312 e. The van der Waals surface area contributed by atoms with E-state index in [0.717, 1.165) is 67.7 Å². The van der Waals surface area contributed by atoms with Crippen molar-refractivity contribution in [3.63, 3.8) is 0 Å². The first kappa shape index (κ1) is 20.5. The monoisotopic (exact) mass is 471 g/mol. The third-order valence-corrected chi connectivity index (χ3v) is 6.59. The first-order chi connectivity index (χ1) is 17.6. The molecule has 0 aliphatic carbocycles. The molecule has 0 unspecified atom stereocenters. The largest absolute Gasteiger partial charge is 0.312 e. The van der Waals surface area contributed by atoms with Gasteiger partial charge in [-0.1, -0.05) is 0 Å². The highest BCUT2D eigenvalue weighted by Gasteiger charge is 2.19. The topological polar surface area (TPSA) is 92.1 Å². The molecule has 0 atom stereocenters. The Morgan fingerprint density at radius 3 is 1.06 bits per heavy atom. The maximum absolute atomic E-state index is 4.90. The van der Waals surface area contributed by atoms with Gasteiger partial charge in [0, 0.05) is 56.4 Å². The molecule has 7 rings (SSSR count). The lowest BCUT2D eigenvalue weighted by atomic mass is 10.0. The number of benzene rings is 1. The summed E-state index contributed by atoms with van der Waals surface area (Å²) in [7, 11) is 5.96. The van der Waals surface area contributed by atoms with Gasteiger partial charge in [0.05, 0.1) is 0 Å². The van der Waals surface area contributed by atoms with E-state index >= 15 is 0 Å². The van der Waals surface area contributed by atoms with Crippen molar-refractivity contribution in [2.45, 2.75) is 0 Å². The molecule has 9 nitrogen and oxygen atoms in total. The van der Waals surface area contributed by atoms with Gasteiger partial charge in [-0.25, -0.2) is 29.9 Å². The van der Waals surface area contributed by atoms with Crippen molar-refractivity contribution in [2.75, 3.05) is 0 Å². The molecule has 0 fully saturated rings. The molecule has 174 valence electrons. The van der Waals surface area contributed by atoms with E-state index in [1.807, 2.05) is 71.2 Å². The zero-order valence-electron chi connectivity index (χ0n) is 20.0. The molecule has 0 spiro atoms. The summed E-state index contributed by atoms with van der Waals surface area (Å²) in [4.78, 5) is 28.3.